The second-order valence-electron chi connectivity index (χ2n) is 6.32. The van der Waals surface area contributed by atoms with Crippen LogP contribution in [0, 0.1) is 5.92 Å². The Morgan fingerprint density at radius 2 is 2.13 bits per heavy atom. The first-order valence-corrected chi connectivity index (χ1v) is 8.00. The van der Waals surface area contributed by atoms with Gasteiger partial charge in [0, 0.05) is 23.7 Å². The van der Waals surface area contributed by atoms with Crippen LogP contribution in [0.5, 0.6) is 5.75 Å². The standard InChI is InChI=1S/C17H18ClNO4/c1-9(2)8-23-15-6-14-11(5-13(15)18)16(20)12(17(21)22)7-19(14)10-3-4-10/h5-7,9-10H,3-4,8H2,1-2H3,(H,21,22). The fraction of sp³-hybridized carbons (Fsp3) is 0.412. The second-order valence-corrected chi connectivity index (χ2v) is 6.73. The third-order valence-corrected chi connectivity index (χ3v) is 4.12. The minimum Gasteiger partial charge on any atom is -0.492 e. The summed E-state index contributed by atoms with van der Waals surface area (Å²) in [6.07, 6.45) is 3.38. The molecule has 1 aliphatic carbocycles. The van der Waals surface area contributed by atoms with E-state index in [1.165, 1.54) is 12.3 Å². The maximum atomic E-state index is 12.4. The minimum absolute atomic E-state index is 0.226. The minimum atomic E-state index is -1.22. The van der Waals surface area contributed by atoms with E-state index in [2.05, 4.69) is 0 Å². The monoisotopic (exact) mass is 335 g/mol. The molecule has 0 aliphatic heterocycles. The molecule has 23 heavy (non-hydrogen) atoms. The van der Waals surface area contributed by atoms with Crippen molar-refractivity contribution in [3.63, 3.8) is 0 Å². The number of carbonyl (C=O) groups is 1. The molecule has 1 aromatic carbocycles. The number of rotatable bonds is 5. The molecule has 1 N–H and O–H groups in total. The van der Waals surface area contributed by atoms with Crippen molar-refractivity contribution < 1.29 is 14.6 Å². The number of benzene rings is 1. The topological polar surface area (TPSA) is 68.5 Å². The largest absolute Gasteiger partial charge is 0.492 e. The number of nitrogens with zero attached hydrogens (tertiary/aromatic N) is 1. The molecule has 0 amide bonds. The zero-order valence-electron chi connectivity index (χ0n) is 13.0. The molecular weight excluding hydrogens is 318 g/mol. The average molecular weight is 336 g/mol. The van der Waals surface area contributed by atoms with E-state index in [1.807, 2.05) is 18.4 Å². The molecule has 6 heteroatoms. The highest BCUT2D eigenvalue weighted by Gasteiger charge is 2.27. The number of carboxylic acids is 1. The first-order valence-electron chi connectivity index (χ1n) is 7.63. The van der Waals surface area contributed by atoms with Gasteiger partial charge in [0.05, 0.1) is 17.1 Å². The van der Waals surface area contributed by atoms with Crippen LogP contribution in [0.4, 0.5) is 0 Å². The van der Waals surface area contributed by atoms with Crippen molar-refractivity contribution in [2.24, 2.45) is 5.92 Å². The van der Waals surface area contributed by atoms with Crippen molar-refractivity contribution in [2.45, 2.75) is 32.7 Å². The number of halogens is 1. The summed E-state index contributed by atoms with van der Waals surface area (Å²) in [6.45, 7) is 4.59. The summed E-state index contributed by atoms with van der Waals surface area (Å²) in [5.74, 6) is -0.353. The molecule has 2 aromatic rings. The van der Waals surface area contributed by atoms with E-state index in [0.29, 0.717) is 34.2 Å². The van der Waals surface area contributed by atoms with Crippen LogP contribution < -0.4 is 10.2 Å². The van der Waals surface area contributed by atoms with Crippen molar-refractivity contribution in [1.29, 1.82) is 0 Å². The Hall–Kier alpha value is -2.01. The van der Waals surface area contributed by atoms with Gasteiger partial charge in [-0.05, 0) is 24.8 Å². The number of pyridine rings is 1. The summed E-state index contributed by atoms with van der Waals surface area (Å²) in [4.78, 5) is 23.7. The van der Waals surface area contributed by atoms with Gasteiger partial charge in [-0.25, -0.2) is 4.79 Å². The maximum Gasteiger partial charge on any atom is 0.341 e. The van der Waals surface area contributed by atoms with Crippen LogP contribution in [-0.4, -0.2) is 22.2 Å². The molecule has 1 aliphatic rings. The lowest BCUT2D eigenvalue weighted by molar-refractivity contribution is 0.0695. The number of ether oxygens (including phenoxy) is 1. The van der Waals surface area contributed by atoms with Gasteiger partial charge in [-0.1, -0.05) is 25.4 Å². The molecule has 0 saturated heterocycles. The number of hydrogen-bond donors (Lipinski definition) is 1. The second kappa shape index (κ2) is 5.89. The van der Waals surface area contributed by atoms with E-state index in [0.717, 1.165) is 12.8 Å². The predicted octanol–water partition coefficient (Wildman–Crippen LogP) is 3.72. The number of hydrogen-bond acceptors (Lipinski definition) is 3. The third kappa shape index (κ3) is 3.06. The number of carboxylic acid groups (broad SMARTS) is 1. The lowest BCUT2D eigenvalue weighted by Crippen LogP contribution is -2.19. The van der Waals surface area contributed by atoms with Gasteiger partial charge in [-0.3, -0.25) is 4.79 Å². The predicted molar refractivity (Wildman–Crippen MR) is 88.8 cm³/mol. The number of aromatic carboxylic acids is 1. The van der Waals surface area contributed by atoms with E-state index in [1.54, 1.807) is 6.07 Å². The van der Waals surface area contributed by atoms with Gasteiger partial charge in [0.1, 0.15) is 11.3 Å². The lowest BCUT2D eigenvalue weighted by atomic mass is 10.1. The van der Waals surface area contributed by atoms with Crippen molar-refractivity contribution in [3.05, 3.63) is 39.1 Å². The number of fused-ring (bicyclic) bond motifs is 1. The Labute approximate surface area is 138 Å². The molecule has 0 bridgehead atoms. The zero-order valence-corrected chi connectivity index (χ0v) is 13.8. The van der Waals surface area contributed by atoms with E-state index in [9.17, 15) is 14.7 Å². The summed E-state index contributed by atoms with van der Waals surface area (Å²) < 4.78 is 7.58. The lowest BCUT2D eigenvalue weighted by Gasteiger charge is -2.15. The Morgan fingerprint density at radius 1 is 1.43 bits per heavy atom. The molecule has 3 rings (SSSR count). The van der Waals surface area contributed by atoms with Crippen LogP contribution >= 0.6 is 11.6 Å². The summed E-state index contributed by atoms with van der Waals surface area (Å²) >= 11 is 6.22. The third-order valence-electron chi connectivity index (χ3n) is 3.83. The van der Waals surface area contributed by atoms with Gasteiger partial charge in [-0.15, -0.1) is 0 Å². The Bertz CT molecular complexity index is 837. The fourth-order valence-electron chi connectivity index (χ4n) is 2.52. The van der Waals surface area contributed by atoms with Gasteiger partial charge < -0.3 is 14.4 Å². The fourth-order valence-corrected chi connectivity index (χ4v) is 2.74. The van der Waals surface area contributed by atoms with E-state index >= 15 is 0 Å². The molecule has 1 heterocycles. The van der Waals surface area contributed by atoms with Gasteiger partial charge in [-0.2, -0.15) is 0 Å². The smallest absolute Gasteiger partial charge is 0.341 e. The van der Waals surface area contributed by atoms with Gasteiger partial charge in [0.2, 0.25) is 5.43 Å². The molecule has 0 unspecified atom stereocenters. The molecular formula is C17H18ClNO4. The van der Waals surface area contributed by atoms with Crippen LogP contribution in [0.2, 0.25) is 5.02 Å². The molecule has 1 fully saturated rings. The quantitative estimate of drug-likeness (QED) is 0.904. The van der Waals surface area contributed by atoms with E-state index in [-0.39, 0.29) is 11.6 Å². The average Bonchev–Trinajstić information content (AvgIpc) is 3.30. The zero-order chi connectivity index (χ0) is 16.7. The maximum absolute atomic E-state index is 12.4. The SMILES string of the molecule is CC(C)COc1cc2c(cc1Cl)c(=O)c(C(=O)O)cn2C1CC1. The van der Waals surface area contributed by atoms with E-state index in [4.69, 9.17) is 16.3 Å². The van der Waals surface area contributed by atoms with Crippen LogP contribution in [0.3, 0.4) is 0 Å². The summed E-state index contributed by atoms with van der Waals surface area (Å²) in [6, 6.07) is 3.49. The highest BCUT2D eigenvalue weighted by Crippen LogP contribution is 2.39. The molecule has 0 spiro atoms. The Balaban J connectivity index is 2.21. The van der Waals surface area contributed by atoms with Gasteiger partial charge >= 0.3 is 5.97 Å². The van der Waals surface area contributed by atoms with Gasteiger partial charge in [0.25, 0.3) is 0 Å². The number of aromatic nitrogens is 1. The molecule has 0 atom stereocenters. The summed E-state index contributed by atoms with van der Waals surface area (Å²) in [5, 5.41) is 9.89. The first kappa shape index (κ1) is 15.9. The van der Waals surface area contributed by atoms with Crippen molar-refractivity contribution in [1.82, 2.24) is 4.57 Å². The van der Waals surface area contributed by atoms with Crippen molar-refractivity contribution in [2.75, 3.05) is 6.61 Å². The Morgan fingerprint density at radius 3 is 2.70 bits per heavy atom. The van der Waals surface area contributed by atoms with Crippen molar-refractivity contribution >= 4 is 28.5 Å². The molecule has 0 radical (unpaired) electrons. The molecule has 1 saturated carbocycles. The van der Waals surface area contributed by atoms with Gasteiger partial charge in [0.15, 0.2) is 0 Å². The first-order chi connectivity index (χ1) is 10.9. The van der Waals surface area contributed by atoms with Crippen molar-refractivity contribution in [3.8, 4) is 5.75 Å². The highest BCUT2D eigenvalue weighted by molar-refractivity contribution is 6.32. The van der Waals surface area contributed by atoms with Crippen LogP contribution in [0.25, 0.3) is 10.9 Å². The van der Waals surface area contributed by atoms with Crippen LogP contribution in [0.15, 0.2) is 23.1 Å². The highest BCUT2D eigenvalue weighted by atomic mass is 35.5. The molecule has 5 nitrogen and oxygen atoms in total. The van der Waals surface area contributed by atoms with Crippen LogP contribution in [-0.2, 0) is 0 Å². The summed E-state index contributed by atoms with van der Waals surface area (Å²) in [5.41, 5.74) is -0.0660. The summed E-state index contributed by atoms with van der Waals surface area (Å²) in [7, 11) is 0. The van der Waals surface area contributed by atoms with E-state index < -0.39 is 11.4 Å². The van der Waals surface area contributed by atoms with Crippen LogP contribution in [0.1, 0.15) is 43.1 Å². The normalized spacial score (nSPS) is 14.4. The Kier molecular flexibility index (Phi) is 4.06. The molecule has 122 valence electrons. The molecule has 1 aromatic heterocycles.